The highest BCUT2D eigenvalue weighted by Crippen LogP contribution is 2.59. The van der Waals surface area contributed by atoms with E-state index in [1.165, 1.54) is 42.5 Å². The van der Waals surface area contributed by atoms with Crippen molar-refractivity contribution in [3.05, 3.63) is 78.5 Å². The number of nitrogens with zero attached hydrogens (tertiary/aromatic N) is 1. The minimum absolute atomic E-state index is 0.0426. The number of hydrogen-bond donors (Lipinski definition) is 3. The van der Waals surface area contributed by atoms with E-state index in [2.05, 4.69) is 20.9 Å². The average molecular weight is 631 g/mol. The molecule has 2 fully saturated rings. The number of fused-ring (bicyclic) bond motifs is 1. The smallest absolute Gasteiger partial charge is 0.228 e. The van der Waals surface area contributed by atoms with Gasteiger partial charge in [-0.2, -0.15) is 0 Å². The van der Waals surface area contributed by atoms with Crippen LogP contribution in [0, 0.1) is 34.8 Å². The van der Waals surface area contributed by atoms with Crippen LogP contribution in [-0.2, 0) is 9.59 Å². The van der Waals surface area contributed by atoms with Crippen molar-refractivity contribution in [3.63, 3.8) is 0 Å². The second-order valence-corrected chi connectivity index (χ2v) is 12.3. The maximum absolute atomic E-state index is 15.3. The standard InChI is InChI=1S/C35H36F2N4O5/c1-35(2)31(33(42)40-22-6-4-21(36)5-7-22)32(35)34(43)41-23-8-9-28(25(37)16-23)46-27-12-15-39-26-18-30(29(44-3)17-24(26)27)45-19-20-10-13-38-14-11-20/h4-9,12,15-18,20,31-32,38H,10-11,13-14,19H2,1-3H3,(H,40,42)(H,41,43)/t31-,32+/m0/s1. The zero-order valence-electron chi connectivity index (χ0n) is 25.9. The van der Waals surface area contributed by atoms with Gasteiger partial charge in [-0.3, -0.25) is 14.6 Å². The van der Waals surface area contributed by atoms with E-state index in [1.54, 1.807) is 31.5 Å². The molecule has 1 saturated heterocycles. The van der Waals surface area contributed by atoms with Crippen LogP contribution in [0.4, 0.5) is 20.2 Å². The molecule has 2 heterocycles. The Morgan fingerprint density at radius 1 is 0.870 bits per heavy atom. The average Bonchev–Trinajstić information content (AvgIpc) is 3.64. The number of anilines is 2. The first-order chi connectivity index (χ1) is 22.1. The van der Waals surface area contributed by atoms with E-state index in [9.17, 15) is 14.0 Å². The Kier molecular flexibility index (Phi) is 8.77. The predicted molar refractivity (Wildman–Crippen MR) is 170 cm³/mol. The van der Waals surface area contributed by atoms with Gasteiger partial charge in [-0.15, -0.1) is 0 Å². The van der Waals surface area contributed by atoms with Crippen LogP contribution in [0.5, 0.6) is 23.0 Å². The van der Waals surface area contributed by atoms with Gasteiger partial charge in [0.15, 0.2) is 23.1 Å². The molecule has 0 radical (unpaired) electrons. The summed E-state index contributed by atoms with van der Waals surface area (Å²) < 4.78 is 46.2. The van der Waals surface area contributed by atoms with Gasteiger partial charge in [-0.1, -0.05) is 13.8 Å². The molecule has 11 heteroatoms. The molecule has 1 saturated carbocycles. The number of methoxy groups -OCH3 is 1. The van der Waals surface area contributed by atoms with E-state index < -0.39 is 34.8 Å². The van der Waals surface area contributed by atoms with Gasteiger partial charge < -0.3 is 30.2 Å². The summed E-state index contributed by atoms with van der Waals surface area (Å²) in [5, 5.41) is 9.43. The molecule has 0 unspecified atom stereocenters. The summed E-state index contributed by atoms with van der Waals surface area (Å²) >= 11 is 0. The number of nitrogens with one attached hydrogen (secondary N) is 3. The molecule has 240 valence electrons. The molecule has 46 heavy (non-hydrogen) atoms. The van der Waals surface area contributed by atoms with Crippen molar-refractivity contribution in [2.24, 2.45) is 23.2 Å². The molecule has 0 spiro atoms. The molecule has 2 amide bonds. The van der Waals surface area contributed by atoms with Crippen molar-refractivity contribution in [3.8, 4) is 23.0 Å². The van der Waals surface area contributed by atoms with Gasteiger partial charge in [-0.05, 0) is 85.8 Å². The molecule has 0 bridgehead atoms. The third-order valence-corrected chi connectivity index (χ3v) is 8.84. The summed E-state index contributed by atoms with van der Waals surface area (Å²) in [7, 11) is 1.56. The van der Waals surface area contributed by atoms with Crippen LogP contribution >= 0.6 is 0 Å². The van der Waals surface area contributed by atoms with E-state index in [0.717, 1.165) is 25.9 Å². The number of pyridine rings is 1. The maximum atomic E-state index is 15.3. The van der Waals surface area contributed by atoms with Crippen LogP contribution in [0.15, 0.2) is 66.9 Å². The summed E-state index contributed by atoms with van der Waals surface area (Å²) in [6.07, 6.45) is 3.68. The largest absolute Gasteiger partial charge is 0.493 e. The quantitative estimate of drug-likeness (QED) is 0.183. The lowest BCUT2D eigenvalue weighted by molar-refractivity contribution is -0.122. The Morgan fingerprint density at radius 3 is 2.22 bits per heavy atom. The Balaban J connectivity index is 1.12. The Labute approximate surface area is 265 Å². The topological polar surface area (TPSA) is 111 Å². The van der Waals surface area contributed by atoms with Gasteiger partial charge in [0.1, 0.15) is 11.6 Å². The molecular weight excluding hydrogens is 594 g/mol. The number of benzene rings is 3. The van der Waals surface area contributed by atoms with Crippen molar-refractivity contribution in [1.29, 1.82) is 0 Å². The van der Waals surface area contributed by atoms with Crippen molar-refractivity contribution >= 4 is 34.1 Å². The predicted octanol–water partition coefficient (Wildman–Crippen LogP) is 6.54. The molecule has 6 rings (SSSR count). The first-order valence-electron chi connectivity index (χ1n) is 15.3. The van der Waals surface area contributed by atoms with Crippen LogP contribution in [0.25, 0.3) is 10.9 Å². The molecule has 2 aliphatic rings. The van der Waals surface area contributed by atoms with Gasteiger partial charge >= 0.3 is 0 Å². The molecular formula is C35H36F2N4O5. The highest BCUT2D eigenvalue weighted by molar-refractivity contribution is 6.04. The zero-order valence-corrected chi connectivity index (χ0v) is 25.9. The number of halogens is 2. The molecule has 2 atom stereocenters. The van der Waals surface area contributed by atoms with E-state index in [4.69, 9.17) is 14.2 Å². The Morgan fingerprint density at radius 2 is 1.54 bits per heavy atom. The molecule has 1 aromatic heterocycles. The van der Waals surface area contributed by atoms with Gasteiger partial charge in [-0.25, -0.2) is 8.78 Å². The molecule has 1 aliphatic heterocycles. The first-order valence-corrected chi connectivity index (χ1v) is 15.3. The van der Waals surface area contributed by atoms with Gasteiger partial charge in [0.05, 0.1) is 31.1 Å². The number of carbonyl (C=O) groups is 2. The maximum Gasteiger partial charge on any atom is 0.228 e. The van der Waals surface area contributed by atoms with Crippen LogP contribution < -0.4 is 30.2 Å². The number of amides is 2. The fourth-order valence-corrected chi connectivity index (χ4v) is 6.12. The Hall–Kier alpha value is -4.77. The Bertz CT molecular complexity index is 1760. The van der Waals surface area contributed by atoms with Crippen molar-refractivity contribution < 1.29 is 32.6 Å². The number of hydrogen-bond acceptors (Lipinski definition) is 7. The lowest BCUT2D eigenvalue weighted by Gasteiger charge is -2.23. The highest BCUT2D eigenvalue weighted by atomic mass is 19.1. The summed E-state index contributed by atoms with van der Waals surface area (Å²) in [4.78, 5) is 30.5. The second-order valence-electron chi connectivity index (χ2n) is 12.3. The van der Waals surface area contributed by atoms with Crippen LogP contribution in [0.1, 0.15) is 26.7 Å². The van der Waals surface area contributed by atoms with Crippen molar-refractivity contribution in [2.75, 3.05) is 37.4 Å². The van der Waals surface area contributed by atoms with Gasteiger partial charge in [0.25, 0.3) is 0 Å². The lowest BCUT2D eigenvalue weighted by atomic mass is 9.99. The van der Waals surface area contributed by atoms with Gasteiger partial charge in [0, 0.05) is 35.1 Å². The third kappa shape index (κ3) is 6.60. The van der Waals surface area contributed by atoms with Crippen LogP contribution in [-0.4, -0.2) is 43.6 Å². The fraction of sp³-hybridized carbons (Fsp3) is 0.343. The van der Waals surface area contributed by atoms with E-state index in [0.29, 0.717) is 46.4 Å². The minimum atomic E-state index is -0.683. The van der Waals surface area contributed by atoms with Crippen molar-refractivity contribution in [1.82, 2.24) is 10.3 Å². The summed E-state index contributed by atoms with van der Waals surface area (Å²) in [5.41, 5.74) is 0.657. The monoisotopic (exact) mass is 630 g/mol. The number of carbonyl (C=O) groups excluding carboxylic acids is 2. The number of ether oxygens (including phenoxy) is 3. The van der Waals surface area contributed by atoms with Gasteiger partial charge in [0.2, 0.25) is 11.8 Å². The molecule has 4 aromatic rings. The number of aromatic nitrogens is 1. The first kappa shape index (κ1) is 31.2. The molecule has 3 aromatic carbocycles. The van der Waals surface area contributed by atoms with Crippen LogP contribution in [0.2, 0.25) is 0 Å². The third-order valence-electron chi connectivity index (χ3n) is 8.84. The zero-order chi connectivity index (χ0) is 32.4. The van der Waals surface area contributed by atoms with E-state index >= 15 is 4.39 Å². The van der Waals surface area contributed by atoms with Crippen LogP contribution in [0.3, 0.4) is 0 Å². The normalized spacial score (nSPS) is 18.9. The number of rotatable bonds is 10. The fourth-order valence-electron chi connectivity index (χ4n) is 6.12. The lowest BCUT2D eigenvalue weighted by Crippen LogP contribution is -2.30. The van der Waals surface area contributed by atoms with E-state index in [1.807, 2.05) is 13.8 Å². The second kappa shape index (κ2) is 12.9. The van der Waals surface area contributed by atoms with Crippen molar-refractivity contribution in [2.45, 2.75) is 26.7 Å². The molecule has 1 aliphatic carbocycles. The SMILES string of the molecule is COc1cc2c(Oc3ccc(NC(=O)[C@H]4[C@@H](C(=O)Nc5ccc(F)cc5)C4(C)C)cc3F)ccnc2cc1OCC1CCNCC1. The summed E-state index contributed by atoms with van der Waals surface area (Å²) in [6, 6.07) is 14.7. The van der Waals surface area contributed by atoms with E-state index in [-0.39, 0.29) is 17.3 Å². The molecule has 3 N–H and O–H groups in total. The highest BCUT2D eigenvalue weighted by Gasteiger charge is 2.65. The minimum Gasteiger partial charge on any atom is -0.493 e. The molecule has 9 nitrogen and oxygen atoms in total. The number of piperidine rings is 1. The summed E-state index contributed by atoms with van der Waals surface area (Å²) in [5.74, 6) is -1.17. The summed E-state index contributed by atoms with van der Waals surface area (Å²) in [6.45, 7) is 6.18.